The number of anilines is 2. The molecule has 0 unspecified atom stereocenters. The van der Waals surface area contributed by atoms with Gasteiger partial charge < -0.3 is 15.1 Å². The zero-order chi connectivity index (χ0) is 22.8. The standard InChI is InChI=1S/C26H26FN3O3/c27-20-14-13-19(15-21(20)29-24(31)17-7-3-1-4-8-17)28-25(32)22-23(16-11-12-16)33-26(30-22)18-9-5-2-6-10-18/h2,5-6,9-10,13-17H,1,3-4,7-8,11-12H2,(H,28,32)(H,29,31). The summed E-state index contributed by atoms with van der Waals surface area (Å²) in [6, 6.07) is 13.6. The van der Waals surface area contributed by atoms with Gasteiger partial charge in [-0.2, -0.15) is 0 Å². The van der Waals surface area contributed by atoms with Crippen molar-refractivity contribution < 1.29 is 18.4 Å². The first-order valence-corrected chi connectivity index (χ1v) is 11.6. The predicted molar refractivity (Wildman–Crippen MR) is 123 cm³/mol. The van der Waals surface area contributed by atoms with Crippen LogP contribution < -0.4 is 10.6 Å². The number of nitrogens with one attached hydrogen (secondary N) is 2. The van der Waals surface area contributed by atoms with E-state index in [1.807, 2.05) is 30.3 Å². The summed E-state index contributed by atoms with van der Waals surface area (Å²) >= 11 is 0. The van der Waals surface area contributed by atoms with Gasteiger partial charge in [-0.25, -0.2) is 9.37 Å². The molecule has 0 radical (unpaired) electrons. The number of benzene rings is 2. The Labute approximate surface area is 191 Å². The number of amides is 2. The van der Waals surface area contributed by atoms with Crippen LogP contribution in [0.5, 0.6) is 0 Å². The molecule has 0 spiro atoms. The number of nitrogens with zero attached hydrogens (tertiary/aromatic N) is 1. The lowest BCUT2D eigenvalue weighted by molar-refractivity contribution is -0.120. The van der Waals surface area contributed by atoms with E-state index in [0.29, 0.717) is 17.3 Å². The van der Waals surface area contributed by atoms with Gasteiger partial charge in [-0.3, -0.25) is 9.59 Å². The lowest BCUT2D eigenvalue weighted by Gasteiger charge is -2.21. The van der Waals surface area contributed by atoms with Crippen molar-refractivity contribution in [3.05, 3.63) is 65.8 Å². The fourth-order valence-corrected chi connectivity index (χ4v) is 4.31. The maximum atomic E-state index is 14.4. The van der Waals surface area contributed by atoms with E-state index in [1.165, 1.54) is 18.2 Å². The van der Waals surface area contributed by atoms with E-state index in [0.717, 1.165) is 50.5 Å². The molecule has 33 heavy (non-hydrogen) atoms. The van der Waals surface area contributed by atoms with Crippen LogP contribution in [0.1, 0.15) is 67.1 Å². The molecular formula is C26H26FN3O3. The largest absolute Gasteiger partial charge is 0.440 e. The highest BCUT2D eigenvalue weighted by Gasteiger charge is 2.34. The number of rotatable bonds is 6. The first-order valence-electron chi connectivity index (χ1n) is 11.6. The van der Waals surface area contributed by atoms with Crippen LogP contribution >= 0.6 is 0 Å². The van der Waals surface area contributed by atoms with Crippen LogP contribution in [0.25, 0.3) is 11.5 Å². The number of aromatic nitrogens is 1. The Hall–Kier alpha value is -3.48. The summed E-state index contributed by atoms with van der Waals surface area (Å²) in [6.45, 7) is 0. The molecule has 2 saturated carbocycles. The van der Waals surface area contributed by atoms with Crippen LogP contribution in [0.3, 0.4) is 0 Å². The summed E-state index contributed by atoms with van der Waals surface area (Å²) in [5.41, 5.74) is 1.49. The van der Waals surface area contributed by atoms with E-state index in [4.69, 9.17) is 4.42 Å². The smallest absolute Gasteiger partial charge is 0.277 e. The Morgan fingerprint density at radius 2 is 1.70 bits per heavy atom. The molecule has 6 nitrogen and oxygen atoms in total. The highest BCUT2D eigenvalue weighted by Crippen LogP contribution is 2.43. The molecule has 0 saturated heterocycles. The molecule has 2 aromatic carbocycles. The Balaban J connectivity index is 1.34. The maximum absolute atomic E-state index is 14.4. The Kier molecular flexibility index (Phi) is 5.94. The average Bonchev–Trinajstić information content (AvgIpc) is 3.60. The van der Waals surface area contributed by atoms with Gasteiger partial charge in [-0.15, -0.1) is 0 Å². The minimum absolute atomic E-state index is 0.0657. The number of carbonyl (C=O) groups excluding carboxylic acids is 2. The molecule has 2 N–H and O–H groups in total. The minimum atomic E-state index is -0.538. The van der Waals surface area contributed by atoms with Gasteiger partial charge in [0.1, 0.15) is 11.6 Å². The van der Waals surface area contributed by atoms with E-state index < -0.39 is 11.7 Å². The van der Waals surface area contributed by atoms with Crippen molar-refractivity contribution in [1.29, 1.82) is 0 Å². The van der Waals surface area contributed by atoms with Crippen molar-refractivity contribution in [3.63, 3.8) is 0 Å². The third-order valence-corrected chi connectivity index (χ3v) is 6.30. The highest BCUT2D eigenvalue weighted by atomic mass is 19.1. The highest BCUT2D eigenvalue weighted by molar-refractivity contribution is 6.04. The summed E-state index contributed by atoms with van der Waals surface area (Å²) in [7, 11) is 0. The third-order valence-electron chi connectivity index (χ3n) is 6.30. The van der Waals surface area contributed by atoms with Crippen LogP contribution in [-0.2, 0) is 4.79 Å². The molecule has 2 aliphatic carbocycles. The Morgan fingerprint density at radius 3 is 2.42 bits per heavy atom. The SMILES string of the molecule is O=C(Nc1ccc(F)c(NC(=O)C2CCCCC2)c1)c1nc(-c2ccccc2)oc1C1CC1. The van der Waals surface area contributed by atoms with Gasteiger partial charge in [0.2, 0.25) is 11.8 Å². The summed E-state index contributed by atoms with van der Waals surface area (Å²) in [4.78, 5) is 30.1. The molecular weight excluding hydrogens is 421 g/mol. The van der Waals surface area contributed by atoms with Crippen LogP contribution in [-0.4, -0.2) is 16.8 Å². The number of hydrogen-bond acceptors (Lipinski definition) is 4. The molecule has 2 amide bonds. The van der Waals surface area contributed by atoms with Crippen LogP contribution in [0.2, 0.25) is 0 Å². The molecule has 1 heterocycles. The van der Waals surface area contributed by atoms with Crippen molar-refractivity contribution in [1.82, 2.24) is 4.98 Å². The Bertz CT molecular complexity index is 1160. The molecule has 0 aliphatic heterocycles. The number of carbonyl (C=O) groups is 2. The summed E-state index contributed by atoms with van der Waals surface area (Å²) in [5, 5.41) is 5.49. The van der Waals surface area contributed by atoms with E-state index in [2.05, 4.69) is 15.6 Å². The van der Waals surface area contributed by atoms with Crippen LogP contribution in [0, 0.1) is 11.7 Å². The molecule has 170 valence electrons. The van der Waals surface area contributed by atoms with Crippen molar-refractivity contribution in [2.24, 2.45) is 5.92 Å². The van der Waals surface area contributed by atoms with Crippen LogP contribution in [0.4, 0.5) is 15.8 Å². The fraction of sp³-hybridized carbons (Fsp3) is 0.346. The van der Waals surface area contributed by atoms with Gasteiger partial charge in [0.05, 0.1) is 5.69 Å². The second kappa shape index (κ2) is 9.17. The van der Waals surface area contributed by atoms with Gasteiger partial charge in [0.15, 0.2) is 5.69 Å². The molecule has 0 atom stereocenters. The zero-order valence-electron chi connectivity index (χ0n) is 18.3. The van der Waals surface area contributed by atoms with Crippen molar-refractivity contribution in [3.8, 4) is 11.5 Å². The summed E-state index contributed by atoms with van der Waals surface area (Å²) in [6.07, 6.45) is 6.73. The molecule has 2 fully saturated rings. The Morgan fingerprint density at radius 1 is 0.939 bits per heavy atom. The van der Waals surface area contributed by atoms with Gasteiger partial charge in [0, 0.05) is 23.1 Å². The lowest BCUT2D eigenvalue weighted by atomic mass is 9.88. The quantitative estimate of drug-likeness (QED) is 0.476. The number of hydrogen-bond donors (Lipinski definition) is 2. The van der Waals surface area contributed by atoms with Crippen molar-refractivity contribution in [2.45, 2.75) is 50.9 Å². The van der Waals surface area contributed by atoms with E-state index in [-0.39, 0.29) is 29.1 Å². The topological polar surface area (TPSA) is 84.2 Å². The van der Waals surface area contributed by atoms with Gasteiger partial charge in [-0.1, -0.05) is 37.5 Å². The summed E-state index contributed by atoms with van der Waals surface area (Å²) in [5.74, 6) is -0.0421. The third kappa shape index (κ3) is 4.82. The first-order chi connectivity index (χ1) is 16.1. The first kappa shape index (κ1) is 21.4. The van der Waals surface area contributed by atoms with Gasteiger partial charge in [-0.05, 0) is 56.0 Å². The van der Waals surface area contributed by atoms with Gasteiger partial charge in [0.25, 0.3) is 5.91 Å². The molecule has 2 aliphatic rings. The molecule has 1 aromatic heterocycles. The van der Waals surface area contributed by atoms with E-state index in [1.54, 1.807) is 0 Å². The zero-order valence-corrected chi connectivity index (χ0v) is 18.3. The average molecular weight is 448 g/mol. The van der Waals surface area contributed by atoms with E-state index in [9.17, 15) is 14.0 Å². The normalized spacial score (nSPS) is 16.4. The predicted octanol–water partition coefficient (Wildman–Crippen LogP) is 6.13. The number of halogens is 1. The fourth-order valence-electron chi connectivity index (χ4n) is 4.31. The van der Waals surface area contributed by atoms with E-state index >= 15 is 0 Å². The second-order valence-corrected chi connectivity index (χ2v) is 8.85. The van der Waals surface area contributed by atoms with Crippen LogP contribution in [0.15, 0.2) is 52.9 Å². The lowest BCUT2D eigenvalue weighted by Crippen LogP contribution is -2.25. The monoisotopic (exact) mass is 447 g/mol. The number of oxazole rings is 1. The molecule has 3 aromatic rings. The minimum Gasteiger partial charge on any atom is -0.440 e. The summed E-state index contributed by atoms with van der Waals surface area (Å²) < 4.78 is 20.3. The molecule has 5 rings (SSSR count). The molecule has 0 bridgehead atoms. The van der Waals surface area contributed by atoms with Gasteiger partial charge >= 0.3 is 0 Å². The van der Waals surface area contributed by atoms with Crippen molar-refractivity contribution >= 4 is 23.2 Å². The second-order valence-electron chi connectivity index (χ2n) is 8.85. The molecule has 7 heteroatoms. The van der Waals surface area contributed by atoms with Crippen molar-refractivity contribution in [2.75, 3.05) is 10.6 Å². The maximum Gasteiger partial charge on any atom is 0.277 e.